The second kappa shape index (κ2) is 10.7. The van der Waals surface area contributed by atoms with E-state index in [1.54, 1.807) is 14.2 Å². The summed E-state index contributed by atoms with van der Waals surface area (Å²) in [5.41, 5.74) is 0. The summed E-state index contributed by atoms with van der Waals surface area (Å²) in [4.78, 5) is 9.22. The maximum atomic E-state index is 12.0. The van der Waals surface area contributed by atoms with E-state index in [9.17, 15) is 4.57 Å². The summed E-state index contributed by atoms with van der Waals surface area (Å²) >= 11 is 0. The van der Waals surface area contributed by atoms with Crippen LogP contribution in [0.1, 0.15) is 40.0 Å². The molecule has 0 aliphatic carbocycles. The van der Waals surface area contributed by atoms with Gasteiger partial charge in [0.15, 0.2) is 6.16 Å². The molecule has 0 radical (unpaired) electrons. The SMILES string of the molecule is CCCCOC[P+](=O)CC[C@@H]1N=C(OC)[C@@H](C(C)C)N=C1OC. The molecule has 0 bridgehead atoms. The number of hydrogen-bond donors (Lipinski definition) is 0. The van der Waals surface area contributed by atoms with Crippen LogP contribution in [-0.2, 0) is 18.8 Å². The Morgan fingerprint density at radius 2 is 1.87 bits per heavy atom. The second-order valence-corrected chi connectivity index (χ2v) is 7.60. The van der Waals surface area contributed by atoms with Crippen molar-refractivity contribution < 1.29 is 18.8 Å². The third kappa shape index (κ3) is 6.56. The van der Waals surface area contributed by atoms with E-state index in [2.05, 4.69) is 30.8 Å². The number of aliphatic imine (C=N–C) groups is 2. The average molecular weight is 345 g/mol. The van der Waals surface area contributed by atoms with Gasteiger partial charge in [0, 0.05) is 6.42 Å². The third-order valence-corrected chi connectivity index (χ3v) is 4.89. The van der Waals surface area contributed by atoms with E-state index in [1.807, 2.05) is 0 Å². The number of unbranched alkanes of at least 4 members (excludes halogenated alkanes) is 1. The van der Waals surface area contributed by atoms with Crippen molar-refractivity contribution in [3.05, 3.63) is 0 Å². The molecule has 0 N–H and O–H groups in total. The number of ether oxygens (including phenoxy) is 3. The molecule has 0 saturated heterocycles. The topological polar surface area (TPSA) is 69.5 Å². The number of methoxy groups -OCH3 is 2. The normalized spacial score (nSPS) is 21.7. The zero-order valence-corrected chi connectivity index (χ0v) is 15.8. The predicted octanol–water partition coefficient (Wildman–Crippen LogP) is 3.47. The second-order valence-electron chi connectivity index (χ2n) is 5.93. The maximum Gasteiger partial charge on any atom is 0.367 e. The Hall–Kier alpha value is -1.00. The van der Waals surface area contributed by atoms with Gasteiger partial charge in [0.05, 0.1) is 20.8 Å². The molecule has 132 valence electrons. The molecule has 1 aliphatic heterocycles. The van der Waals surface area contributed by atoms with Crippen LogP contribution >= 0.6 is 7.80 Å². The minimum atomic E-state index is -1.38. The Morgan fingerprint density at radius 3 is 2.43 bits per heavy atom. The molecular formula is C16H30N2O4P+. The van der Waals surface area contributed by atoms with Crippen molar-refractivity contribution in [2.45, 2.75) is 52.1 Å². The maximum absolute atomic E-state index is 12.0. The standard InChI is InChI=1S/C16H30N2O4P/c1-6-7-9-22-11-23(19)10-8-13-15(20-4)18-14(12(2)3)16(17-13)21-5/h12-14H,6-11H2,1-5H3/q+1/t13-,14+/m0/s1. The first-order valence-electron chi connectivity index (χ1n) is 8.26. The summed E-state index contributed by atoms with van der Waals surface area (Å²) in [6.07, 6.45) is 3.57. The molecule has 7 heteroatoms. The van der Waals surface area contributed by atoms with Crippen LogP contribution in [0.25, 0.3) is 0 Å². The Morgan fingerprint density at radius 1 is 1.17 bits per heavy atom. The van der Waals surface area contributed by atoms with Crippen molar-refractivity contribution in [1.29, 1.82) is 0 Å². The molecule has 1 unspecified atom stereocenters. The molecule has 0 aromatic carbocycles. The van der Waals surface area contributed by atoms with Gasteiger partial charge in [-0.15, -0.1) is 0 Å². The van der Waals surface area contributed by atoms with Crippen LogP contribution in [0.5, 0.6) is 0 Å². The number of hydrogen-bond acceptors (Lipinski definition) is 6. The highest BCUT2D eigenvalue weighted by atomic mass is 31.1. The van der Waals surface area contributed by atoms with E-state index in [1.165, 1.54) is 0 Å². The molecule has 6 nitrogen and oxygen atoms in total. The van der Waals surface area contributed by atoms with Crippen LogP contribution in [0.15, 0.2) is 9.98 Å². The van der Waals surface area contributed by atoms with E-state index < -0.39 is 7.80 Å². The van der Waals surface area contributed by atoms with Crippen molar-refractivity contribution in [1.82, 2.24) is 0 Å². The van der Waals surface area contributed by atoms with Crippen molar-refractivity contribution in [2.24, 2.45) is 15.9 Å². The van der Waals surface area contributed by atoms with E-state index >= 15 is 0 Å². The monoisotopic (exact) mass is 345 g/mol. The van der Waals surface area contributed by atoms with E-state index in [0.29, 0.717) is 37.3 Å². The minimum Gasteiger partial charge on any atom is -0.483 e. The van der Waals surface area contributed by atoms with Crippen LogP contribution in [0.3, 0.4) is 0 Å². The van der Waals surface area contributed by atoms with Gasteiger partial charge < -0.3 is 14.2 Å². The Bertz CT molecular complexity index is 438. The van der Waals surface area contributed by atoms with Gasteiger partial charge in [-0.2, -0.15) is 0 Å². The van der Waals surface area contributed by atoms with Gasteiger partial charge >= 0.3 is 7.80 Å². The van der Waals surface area contributed by atoms with Crippen molar-refractivity contribution in [3.63, 3.8) is 0 Å². The zero-order chi connectivity index (χ0) is 17.2. The highest BCUT2D eigenvalue weighted by molar-refractivity contribution is 7.44. The van der Waals surface area contributed by atoms with Crippen LogP contribution < -0.4 is 0 Å². The molecule has 3 atom stereocenters. The highest BCUT2D eigenvalue weighted by Crippen LogP contribution is 2.26. The summed E-state index contributed by atoms with van der Waals surface area (Å²) in [5, 5.41) is 0. The molecule has 0 aromatic heterocycles. The van der Waals surface area contributed by atoms with Crippen molar-refractivity contribution in [2.75, 3.05) is 33.3 Å². The largest absolute Gasteiger partial charge is 0.483 e. The third-order valence-electron chi connectivity index (χ3n) is 3.67. The molecule has 0 saturated carbocycles. The van der Waals surface area contributed by atoms with Gasteiger partial charge in [-0.3, -0.25) is 0 Å². The first kappa shape index (κ1) is 20.0. The fourth-order valence-corrected chi connectivity index (χ4v) is 3.29. The first-order chi connectivity index (χ1) is 11.0. The van der Waals surface area contributed by atoms with Crippen molar-refractivity contribution in [3.8, 4) is 0 Å². The molecule has 1 rings (SSSR count). The zero-order valence-electron chi connectivity index (χ0n) is 14.9. The smallest absolute Gasteiger partial charge is 0.367 e. The highest BCUT2D eigenvalue weighted by Gasteiger charge is 2.32. The molecule has 0 fully saturated rings. The lowest BCUT2D eigenvalue weighted by Crippen LogP contribution is -2.37. The fourth-order valence-electron chi connectivity index (χ4n) is 2.29. The van der Waals surface area contributed by atoms with Gasteiger partial charge in [0.1, 0.15) is 12.1 Å². The lowest BCUT2D eigenvalue weighted by Gasteiger charge is -2.26. The van der Waals surface area contributed by atoms with Gasteiger partial charge in [-0.05, 0) is 12.3 Å². The van der Waals surface area contributed by atoms with Crippen LogP contribution in [0, 0.1) is 5.92 Å². The quantitative estimate of drug-likeness (QED) is 0.474. The van der Waals surface area contributed by atoms with Gasteiger partial charge in [-0.1, -0.05) is 31.8 Å². The van der Waals surface area contributed by atoms with Crippen molar-refractivity contribution >= 4 is 19.6 Å². The summed E-state index contributed by atoms with van der Waals surface area (Å²) < 4.78 is 28.2. The molecule has 0 aromatic rings. The molecular weight excluding hydrogens is 315 g/mol. The summed E-state index contributed by atoms with van der Waals surface area (Å²) in [7, 11) is 1.83. The Labute approximate surface area is 140 Å². The molecule has 1 aliphatic rings. The lowest BCUT2D eigenvalue weighted by molar-refractivity contribution is 0.174. The van der Waals surface area contributed by atoms with Crippen LogP contribution in [0.2, 0.25) is 0 Å². The predicted molar refractivity (Wildman–Crippen MR) is 94.1 cm³/mol. The molecule has 23 heavy (non-hydrogen) atoms. The summed E-state index contributed by atoms with van der Waals surface area (Å²) in [5.74, 6) is 1.50. The van der Waals surface area contributed by atoms with Gasteiger partial charge in [0.2, 0.25) is 18.1 Å². The summed E-state index contributed by atoms with van der Waals surface area (Å²) in [6, 6.07) is -0.336. The Balaban J connectivity index is 2.56. The summed E-state index contributed by atoms with van der Waals surface area (Å²) in [6.45, 7) is 6.92. The van der Waals surface area contributed by atoms with Crippen LogP contribution in [-0.4, -0.2) is 57.2 Å². The van der Waals surface area contributed by atoms with E-state index in [0.717, 1.165) is 12.8 Å². The fraction of sp³-hybridized carbons (Fsp3) is 0.875. The lowest BCUT2D eigenvalue weighted by atomic mass is 10.0. The Kier molecular flexibility index (Phi) is 9.34. The van der Waals surface area contributed by atoms with Gasteiger partial charge in [0.25, 0.3) is 0 Å². The molecule has 1 heterocycles. The number of nitrogens with zero attached hydrogens (tertiary/aromatic N) is 2. The van der Waals surface area contributed by atoms with Gasteiger partial charge in [-0.25, -0.2) is 9.98 Å². The molecule has 0 amide bonds. The van der Waals surface area contributed by atoms with E-state index in [4.69, 9.17) is 14.2 Å². The first-order valence-corrected chi connectivity index (χ1v) is 9.89. The van der Waals surface area contributed by atoms with E-state index in [-0.39, 0.29) is 18.0 Å². The minimum absolute atomic E-state index is 0.114. The number of rotatable bonds is 9. The molecule has 0 spiro atoms. The average Bonchev–Trinajstić information content (AvgIpc) is 2.55. The van der Waals surface area contributed by atoms with Crippen LogP contribution in [0.4, 0.5) is 0 Å².